The van der Waals surface area contributed by atoms with Crippen LogP contribution in [0.2, 0.25) is 0 Å². The van der Waals surface area contributed by atoms with Crippen LogP contribution in [0.1, 0.15) is 27.4 Å². The van der Waals surface area contributed by atoms with E-state index in [-0.39, 0.29) is 5.91 Å². The topological polar surface area (TPSA) is 61.4 Å². The van der Waals surface area contributed by atoms with Crippen molar-refractivity contribution in [1.29, 1.82) is 0 Å². The number of rotatable bonds is 5. The minimum Gasteiger partial charge on any atom is -0.368 e. The third kappa shape index (κ3) is 4.27. The van der Waals surface area contributed by atoms with E-state index in [4.69, 9.17) is 0 Å². The molecule has 1 aromatic heterocycles. The van der Waals surface area contributed by atoms with Crippen molar-refractivity contribution < 1.29 is 4.79 Å². The zero-order chi connectivity index (χ0) is 19.4. The number of amides is 1. The van der Waals surface area contributed by atoms with Crippen molar-refractivity contribution in [1.82, 2.24) is 15.3 Å². The molecule has 0 aliphatic carbocycles. The molecule has 6 nitrogen and oxygen atoms in total. The summed E-state index contributed by atoms with van der Waals surface area (Å²) in [5.74, 6) is 1.22. The summed E-state index contributed by atoms with van der Waals surface area (Å²) in [5, 5.41) is 2.77. The van der Waals surface area contributed by atoms with Gasteiger partial charge >= 0.3 is 0 Å². The summed E-state index contributed by atoms with van der Waals surface area (Å²) in [4.78, 5) is 25.7. The molecule has 1 aliphatic rings. The fourth-order valence-corrected chi connectivity index (χ4v) is 3.34. The van der Waals surface area contributed by atoms with Crippen LogP contribution in [-0.2, 0) is 0 Å². The molecule has 3 rings (SSSR count). The molecule has 0 bridgehead atoms. The summed E-state index contributed by atoms with van der Waals surface area (Å²) in [7, 11) is 0. The minimum absolute atomic E-state index is 0.198. The molecule has 1 amide bonds. The van der Waals surface area contributed by atoms with Gasteiger partial charge in [0.05, 0.1) is 0 Å². The molecule has 0 unspecified atom stereocenters. The Bertz CT molecular complexity index is 840. The van der Waals surface area contributed by atoms with Crippen LogP contribution >= 0.6 is 0 Å². The number of hydrogen-bond donors (Lipinski definition) is 1. The van der Waals surface area contributed by atoms with Crippen molar-refractivity contribution in [3.8, 4) is 0 Å². The van der Waals surface area contributed by atoms with Crippen LogP contribution in [-0.4, -0.2) is 48.6 Å². The van der Waals surface area contributed by atoms with Gasteiger partial charge < -0.3 is 15.1 Å². The molecule has 0 spiro atoms. The van der Waals surface area contributed by atoms with Gasteiger partial charge in [-0.1, -0.05) is 18.2 Å². The number of carbonyl (C=O) groups is 1. The number of anilines is 2. The summed E-state index contributed by atoms with van der Waals surface area (Å²) in [5.41, 5.74) is 4.36. The first kappa shape index (κ1) is 18.9. The monoisotopic (exact) mass is 365 g/mol. The summed E-state index contributed by atoms with van der Waals surface area (Å²) in [6, 6.07) is 8.23. The highest BCUT2D eigenvalue weighted by Crippen LogP contribution is 2.25. The van der Waals surface area contributed by atoms with Crippen molar-refractivity contribution in [2.24, 2.45) is 0 Å². The lowest BCUT2D eigenvalue weighted by Crippen LogP contribution is -2.47. The van der Waals surface area contributed by atoms with Gasteiger partial charge in [-0.3, -0.25) is 4.79 Å². The maximum atomic E-state index is 12.2. The predicted molar refractivity (Wildman–Crippen MR) is 110 cm³/mol. The lowest BCUT2D eigenvalue weighted by atomic mass is 10.1. The molecule has 142 valence electrons. The third-order valence-electron chi connectivity index (χ3n) is 4.98. The molecule has 1 aliphatic heterocycles. The lowest BCUT2D eigenvalue weighted by Gasteiger charge is -2.37. The summed E-state index contributed by atoms with van der Waals surface area (Å²) < 4.78 is 0. The number of hydrogen-bond acceptors (Lipinski definition) is 5. The number of aromatic nitrogens is 2. The SMILES string of the molecule is C=CCNC(=O)c1cc(N2CCN(c3cccc(C)c3C)CC2)nc(C)n1. The highest BCUT2D eigenvalue weighted by Gasteiger charge is 2.21. The van der Waals surface area contributed by atoms with Crippen LogP contribution in [0.25, 0.3) is 0 Å². The van der Waals surface area contributed by atoms with E-state index in [2.05, 4.69) is 63.7 Å². The van der Waals surface area contributed by atoms with Gasteiger partial charge in [-0.2, -0.15) is 0 Å². The molecule has 1 saturated heterocycles. The Morgan fingerprint density at radius 3 is 2.56 bits per heavy atom. The van der Waals surface area contributed by atoms with E-state index in [9.17, 15) is 4.79 Å². The first-order chi connectivity index (χ1) is 13.0. The van der Waals surface area contributed by atoms with E-state index in [1.807, 2.05) is 6.92 Å². The van der Waals surface area contributed by atoms with Gasteiger partial charge in [-0.15, -0.1) is 6.58 Å². The number of aryl methyl sites for hydroxylation is 2. The van der Waals surface area contributed by atoms with Crippen LogP contribution < -0.4 is 15.1 Å². The molecule has 27 heavy (non-hydrogen) atoms. The Morgan fingerprint density at radius 1 is 1.15 bits per heavy atom. The van der Waals surface area contributed by atoms with Gasteiger partial charge in [0.25, 0.3) is 5.91 Å². The molecular formula is C21H27N5O. The second kappa shape index (κ2) is 8.20. The Hall–Kier alpha value is -2.89. The Labute approximate surface area is 160 Å². The Kier molecular flexibility index (Phi) is 5.74. The summed E-state index contributed by atoms with van der Waals surface area (Å²) >= 11 is 0. The van der Waals surface area contributed by atoms with E-state index in [0.717, 1.165) is 32.0 Å². The molecular weight excluding hydrogens is 338 g/mol. The van der Waals surface area contributed by atoms with E-state index in [1.165, 1.54) is 16.8 Å². The first-order valence-corrected chi connectivity index (χ1v) is 9.30. The van der Waals surface area contributed by atoms with Crippen LogP contribution in [0.15, 0.2) is 36.9 Å². The largest absolute Gasteiger partial charge is 0.368 e. The zero-order valence-electron chi connectivity index (χ0n) is 16.3. The first-order valence-electron chi connectivity index (χ1n) is 9.30. The van der Waals surface area contributed by atoms with E-state index in [0.29, 0.717) is 18.1 Å². The molecule has 0 atom stereocenters. The summed E-state index contributed by atoms with van der Waals surface area (Å²) in [6.07, 6.45) is 1.65. The Balaban J connectivity index is 1.72. The minimum atomic E-state index is -0.198. The van der Waals surface area contributed by atoms with Crippen LogP contribution in [0, 0.1) is 20.8 Å². The molecule has 6 heteroatoms. The molecule has 2 heterocycles. The molecule has 1 N–H and O–H groups in total. The molecule has 0 radical (unpaired) electrons. The molecule has 0 saturated carbocycles. The fraction of sp³-hybridized carbons (Fsp3) is 0.381. The van der Waals surface area contributed by atoms with Crippen molar-refractivity contribution >= 4 is 17.4 Å². The van der Waals surface area contributed by atoms with E-state index < -0.39 is 0 Å². The van der Waals surface area contributed by atoms with Gasteiger partial charge in [0, 0.05) is 44.5 Å². The molecule has 1 aromatic carbocycles. The number of nitrogens with one attached hydrogen (secondary N) is 1. The number of nitrogens with zero attached hydrogens (tertiary/aromatic N) is 4. The normalized spacial score (nSPS) is 14.2. The predicted octanol–water partition coefficient (Wildman–Crippen LogP) is 2.64. The highest BCUT2D eigenvalue weighted by atomic mass is 16.1. The van der Waals surface area contributed by atoms with E-state index >= 15 is 0 Å². The average Bonchev–Trinajstić information content (AvgIpc) is 2.68. The van der Waals surface area contributed by atoms with Crippen molar-refractivity contribution in [3.05, 3.63) is 59.6 Å². The second-order valence-electron chi connectivity index (χ2n) is 6.85. The number of carbonyl (C=O) groups excluding carboxylic acids is 1. The van der Waals surface area contributed by atoms with Crippen LogP contribution in [0.4, 0.5) is 11.5 Å². The van der Waals surface area contributed by atoms with Crippen molar-refractivity contribution in [2.75, 3.05) is 42.5 Å². The molecule has 1 fully saturated rings. The zero-order valence-corrected chi connectivity index (χ0v) is 16.3. The number of piperazine rings is 1. The fourth-order valence-electron chi connectivity index (χ4n) is 3.34. The van der Waals surface area contributed by atoms with Crippen LogP contribution in [0.5, 0.6) is 0 Å². The van der Waals surface area contributed by atoms with Gasteiger partial charge in [-0.25, -0.2) is 9.97 Å². The van der Waals surface area contributed by atoms with Gasteiger partial charge in [0.1, 0.15) is 17.3 Å². The third-order valence-corrected chi connectivity index (χ3v) is 4.98. The molecule has 2 aromatic rings. The van der Waals surface area contributed by atoms with Gasteiger partial charge in [0.2, 0.25) is 0 Å². The van der Waals surface area contributed by atoms with E-state index in [1.54, 1.807) is 12.1 Å². The van der Waals surface area contributed by atoms with Gasteiger partial charge in [-0.05, 0) is 38.0 Å². The average molecular weight is 365 g/mol. The van der Waals surface area contributed by atoms with Crippen molar-refractivity contribution in [2.45, 2.75) is 20.8 Å². The van der Waals surface area contributed by atoms with Gasteiger partial charge in [0.15, 0.2) is 0 Å². The maximum Gasteiger partial charge on any atom is 0.270 e. The van der Waals surface area contributed by atoms with Crippen LogP contribution in [0.3, 0.4) is 0 Å². The smallest absolute Gasteiger partial charge is 0.270 e. The standard InChI is InChI=1S/C21H27N5O/c1-5-9-22-21(27)18-14-20(24-17(4)23-18)26-12-10-25(11-13-26)19-8-6-7-15(2)16(19)3/h5-8,14H,1,9-13H2,2-4H3,(H,22,27). The number of benzene rings is 1. The summed E-state index contributed by atoms with van der Waals surface area (Å²) in [6.45, 7) is 13.8. The van der Waals surface area contributed by atoms with Crippen molar-refractivity contribution in [3.63, 3.8) is 0 Å². The second-order valence-corrected chi connectivity index (χ2v) is 6.85. The lowest BCUT2D eigenvalue weighted by molar-refractivity contribution is 0.0952. The maximum absolute atomic E-state index is 12.2. The quantitative estimate of drug-likeness (QED) is 0.826. The Morgan fingerprint density at radius 2 is 1.85 bits per heavy atom. The highest BCUT2D eigenvalue weighted by molar-refractivity contribution is 5.93.